The van der Waals surface area contributed by atoms with E-state index in [2.05, 4.69) is 4.98 Å². The SMILES string of the molecule is N=C(N)CN(C1CCCC1)S(=O)(=O)CCc1ccccn1. The highest BCUT2D eigenvalue weighted by atomic mass is 32.2. The van der Waals surface area contributed by atoms with Crippen LogP contribution < -0.4 is 5.73 Å². The lowest BCUT2D eigenvalue weighted by Gasteiger charge is -2.27. The quantitative estimate of drug-likeness (QED) is 0.582. The maximum absolute atomic E-state index is 12.6. The van der Waals surface area contributed by atoms with E-state index in [1.807, 2.05) is 12.1 Å². The van der Waals surface area contributed by atoms with E-state index < -0.39 is 10.0 Å². The summed E-state index contributed by atoms with van der Waals surface area (Å²) in [5, 5.41) is 7.42. The maximum Gasteiger partial charge on any atom is 0.215 e. The molecule has 0 saturated heterocycles. The minimum absolute atomic E-state index is 0.00474. The zero-order valence-corrected chi connectivity index (χ0v) is 12.8. The second-order valence-corrected chi connectivity index (χ2v) is 7.44. The molecule has 0 unspecified atom stereocenters. The van der Waals surface area contributed by atoms with Crippen LogP contribution in [0, 0.1) is 5.41 Å². The molecule has 116 valence electrons. The second kappa shape index (κ2) is 7.00. The second-order valence-electron chi connectivity index (χ2n) is 5.40. The molecule has 0 aromatic carbocycles. The molecule has 1 heterocycles. The number of hydrogen-bond acceptors (Lipinski definition) is 4. The van der Waals surface area contributed by atoms with Gasteiger partial charge in [-0.2, -0.15) is 4.31 Å². The van der Waals surface area contributed by atoms with Crippen molar-refractivity contribution in [3.8, 4) is 0 Å². The lowest BCUT2D eigenvalue weighted by molar-refractivity contribution is 0.353. The van der Waals surface area contributed by atoms with E-state index in [-0.39, 0.29) is 24.2 Å². The van der Waals surface area contributed by atoms with Crippen molar-refractivity contribution >= 4 is 15.9 Å². The summed E-state index contributed by atoms with van der Waals surface area (Å²) in [6.07, 6.45) is 5.83. The minimum Gasteiger partial charge on any atom is -0.387 e. The van der Waals surface area contributed by atoms with Crippen molar-refractivity contribution in [2.45, 2.75) is 38.1 Å². The zero-order valence-electron chi connectivity index (χ0n) is 12.0. The Hall–Kier alpha value is -1.47. The van der Waals surface area contributed by atoms with Gasteiger partial charge in [0, 0.05) is 24.4 Å². The number of pyridine rings is 1. The van der Waals surface area contributed by atoms with Crippen LogP contribution in [0.1, 0.15) is 31.4 Å². The monoisotopic (exact) mass is 310 g/mol. The number of nitrogens with two attached hydrogens (primary N) is 1. The molecule has 0 spiro atoms. The van der Waals surface area contributed by atoms with Crippen LogP contribution in [-0.2, 0) is 16.4 Å². The normalized spacial score (nSPS) is 16.4. The van der Waals surface area contributed by atoms with E-state index in [0.717, 1.165) is 31.4 Å². The molecule has 0 amide bonds. The van der Waals surface area contributed by atoms with Gasteiger partial charge in [0.25, 0.3) is 0 Å². The summed E-state index contributed by atoms with van der Waals surface area (Å²) in [6, 6.07) is 5.46. The summed E-state index contributed by atoms with van der Waals surface area (Å²) in [4.78, 5) is 4.15. The van der Waals surface area contributed by atoms with Gasteiger partial charge in [0.15, 0.2) is 0 Å². The number of aryl methyl sites for hydroxylation is 1. The van der Waals surface area contributed by atoms with E-state index in [4.69, 9.17) is 11.1 Å². The van der Waals surface area contributed by atoms with Crippen LogP contribution >= 0.6 is 0 Å². The molecule has 0 atom stereocenters. The van der Waals surface area contributed by atoms with Gasteiger partial charge in [-0.1, -0.05) is 18.9 Å². The van der Waals surface area contributed by atoms with Gasteiger partial charge in [0.05, 0.1) is 12.3 Å². The van der Waals surface area contributed by atoms with Crippen LogP contribution in [0.25, 0.3) is 0 Å². The Morgan fingerprint density at radius 1 is 1.38 bits per heavy atom. The van der Waals surface area contributed by atoms with E-state index in [9.17, 15) is 8.42 Å². The topological polar surface area (TPSA) is 100 Å². The smallest absolute Gasteiger partial charge is 0.215 e. The summed E-state index contributed by atoms with van der Waals surface area (Å²) in [7, 11) is -3.43. The van der Waals surface area contributed by atoms with E-state index in [1.54, 1.807) is 12.3 Å². The molecule has 3 N–H and O–H groups in total. The molecule has 1 saturated carbocycles. The molecular weight excluding hydrogens is 288 g/mol. The van der Waals surface area contributed by atoms with Gasteiger partial charge in [0.1, 0.15) is 5.84 Å². The summed E-state index contributed by atoms with van der Waals surface area (Å²) in [5.74, 6) is -0.100. The first kappa shape index (κ1) is 15.9. The van der Waals surface area contributed by atoms with Gasteiger partial charge in [-0.15, -0.1) is 0 Å². The molecule has 21 heavy (non-hydrogen) atoms. The highest BCUT2D eigenvalue weighted by Gasteiger charge is 2.32. The summed E-state index contributed by atoms with van der Waals surface area (Å²) in [6.45, 7) is -0.00474. The number of nitrogens with zero attached hydrogens (tertiary/aromatic N) is 2. The van der Waals surface area contributed by atoms with Gasteiger partial charge in [-0.3, -0.25) is 10.4 Å². The average Bonchev–Trinajstić information content (AvgIpc) is 2.97. The molecule has 1 aromatic rings. The standard InChI is InChI=1S/C14H22N4O2S/c15-14(16)11-18(13-6-1-2-7-13)21(19,20)10-8-12-5-3-4-9-17-12/h3-5,9,13H,1-2,6-8,10-11H2,(H3,15,16). The van der Waals surface area contributed by atoms with Crippen LogP contribution in [0.4, 0.5) is 0 Å². The number of amidine groups is 1. The lowest BCUT2D eigenvalue weighted by Crippen LogP contribution is -2.45. The molecule has 7 heteroatoms. The highest BCUT2D eigenvalue weighted by molar-refractivity contribution is 7.89. The summed E-state index contributed by atoms with van der Waals surface area (Å²) in [5.41, 5.74) is 6.19. The van der Waals surface area contributed by atoms with Gasteiger partial charge in [0.2, 0.25) is 10.0 Å². The van der Waals surface area contributed by atoms with Crippen LogP contribution in [0.3, 0.4) is 0 Å². The Bertz CT molecular complexity index is 568. The van der Waals surface area contributed by atoms with E-state index in [1.165, 1.54) is 4.31 Å². The fourth-order valence-corrected chi connectivity index (χ4v) is 4.41. The Morgan fingerprint density at radius 2 is 2.10 bits per heavy atom. The first-order valence-electron chi connectivity index (χ1n) is 7.21. The fraction of sp³-hybridized carbons (Fsp3) is 0.571. The molecule has 0 aliphatic heterocycles. The van der Waals surface area contributed by atoms with Crippen molar-refractivity contribution in [1.29, 1.82) is 5.41 Å². The molecule has 1 aromatic heterocycles. The molecule has 1 aliphatic carbocycles. The third-order valence-corrected chi connectivity index (χ3v) is 5.62. The molecule has 1 fully saturated rings. The molecular formula is C14H22N4O2S. The summed E-state index contributed by atoms with van der Waals surface area (Å²) < 4.78 is 26.6. The number of nitrogens with one attached hydrogen (secondary N) is 1. The number of rotatable bonds is 7. The van der Waals surface area contributed by atoms with Gasteiger partial charge in [-0.05, 0) is 25.0 Å². The third-order valence-electron chi connectivity index (χ3n) is 3.76. The van der Waals surface area contributed by atoms with Crippen molar-refractivity contribution < 1.29 is 8.42 Å². The average molecular weight is 310 g/mol. The van der Waals surface area contributed by atoms with Crippen molar-refractivity contribution in [3.05, 3.63) is 30.1 Å². The predicted molar refractivity (Wildman–Crippen MR) is 82.6 cm³/mol. The Morgan fingerprint density at radius 3 is 2.67 bits per heavy atom. The number of hydrogen-bond donors (Lipinski definition) is 2. The van der Waals surface area contributed by atoms with E-state index in [0.29, 0.717) is 6.42 Å². The first-order valence-corrected chi connectivity index (χ1v) is 8.82. The molecule has 2 rings (SSSR count). The lowest BCUT2D eigenvalue weighted by atomic mass is 10.2. The Balaban J connectivity index is 2.07. The molecule has 0 bridgehead atoms. The largest absolute Gasteiger partial charge is 0.387 e. The third kappa shape index (κ3) is 4.50. The predicted octanol–water partition coefficient (Wildman–Crippen LogP) is 1.13. The molecule has 0 radical (unpaired) electrons. The fourth-order valence-electron chi connectivity index (χ4n) is 2.71. The minimum atomic E-state index is -3.43. The highest BCUT2D eigenvalue weighted by Crippen LogP contribution is 2.25. The Labute approximate surface area is 125 Å². The van der Waals surface area contributed by atoms with Crippen molar-refractivity contribution in [2.24, 2.45) is 5.73 Å². The zero-order chi connectivity index (χ0) is 15.3. The first-order chi connectivity index (χ1) is 9.99. The van der Waals surface area contributed by atoms with Crippen molar-refractivity contribution in [1.82, 2.24) is 9.29 Å². The van der Waals surface area contributed by atoms with Crippen LogP contribution in [0.5, 0.6) is 0 Å². The van der Waals surface area contributed by atoms with Gasteiger partial charge >= 0.3 is 0 Å². The number of aromatic nitrogens is 1. The van der Waals surface area contributed by atoms with Crippen LogP contribution in [0.2, 0.25) is 0 Å². The van der Waals surface area contributed by atoms with Gasteiger partial charge in [-0.25, -0.2) is 8.42 Å². The van der Waals surface area contributed by atoms with Crippen LogP contribution in [0.15, 0.2) is 24.4 Å². The van der Waals surface area contributed by atoms with Crippen molar-refractivity contribution in [2.75, 3.05) is 12.3 Å². The molecule has 6 nitrogen and oxygen atoms in total. The van der Waals surface area contributed by atoms with Gasteiger partial charge < -0.3 is 5.73 Å². The van der Waals surface area contributed by atoms with Crippen LogP contribution in [-0.4, -0.2) is 41.9 Å². The molecule has 1 aliphatic rings. The van der Waals surface area contributed by atoms with E-state index >= 15 is 0 Å². The Kier molecular flexibility index (Phi) is 5.30. The van der Waals surface area contributed by atoms with Crippen molar-refractivity contribution in [3.63, 3.8) is 0 Å². The summed E-state index contributed by atoms with van der Waals surface area (Å²) >= 11 is 0. The maximum atomic E-state index is 12.6. The number of sulfonamides is 1.